The predicted molar refractivity (Wildman–Crippen MR) is 77.9 cm³/mol. The SMILES string of the molecule is CNc1ccccc1C(=O)N1CC(CO)OC(C)(C)C1. The number of rotatable bonds is 3. The van der Waals surface area contributed by atoms with Crippen LogP contribution in [0.5, 0.6) is 0 Å². The van der Waals surface area contributed by atoms with Gasteiger partial charge in [-0.2, -0.15) is 0 Å². The number of amides is 1. The first-order valence-electron chi connectivity index (χ1n) is 6.81. The van der Waals surface area contributed by atoms with Gasteiger partial charge in [-0.25, -0.2) is 0 Å². The summed E-state index contributed by atoms with van der Waals surface area (Å²) in [6, 6.07) is 7.43. The molecule has 0 aliphatic carbocycles. The molecule has 1 atom stereocenters. The Morgan fingerprint density at radius 3 is 2.85 bits per heavy atom. The molecular formula is C15H22N2O3. The number of benzene rings is 1. The molecule has 1 amide bonds. The van der Waals surface area contributed by atoms with Gasteiger partial charge in [0.05, 0.1) is 23.9 Å². The lowest BCUT2D eigenvalue weighted by atomic mass is 10.0. The average Bonchev–Trinajstić information content (AvgIpc) is 2.44. The number of nitrogens with zero attached hydrogens (tertiary/aromatic N) is 1. The second-order valence-electron chi connectivity index (χ2n) is 5.66. The van der Waals surface area contributed by atoms with Crippen LogP contribution >= 0.6 is 0 Å². The number of nitrogens with one attached hydrogen (secondary N) is 1. The van der Waals surface area contributed by atoms with Gasteiger partial charge in [-0.3, -0.25) is 4.79 Å². The highest BCUT2D eigenvalue weighted by molar-refractivity contribution is 5.99. The molecule has 0 radical (unpaired) electrons. The molecule has 1 aromatic rings. The number of anilines is 1. The van der Waals surface area contributed by atoms with Gasteiger partial charge in [-0.05, 0) is 26.0 Å². The molecule has 1 fully saturated rings. The van der Waals surface area contributed by atoms with Crippen molar-refractivity contribution in [1.29, 1.82) is 0 Å². The number of ether oxygens (including phenoxy) is 1. The third kappa shape index (κ3) is 3.11. The molecule has 5 heteroatoms. The van der Waals surface area contributed by atoms with Crippen molar-refractivity contribution in [3.63, 3.8) is 0 Å². The molecule has 0 saturated carbocycles. The van der Waals surface area contributed by atoms with E-state index in [1.165, 1.54) is 0 Å². The van der Waals surface area contributed by atoms with Crippen LogP contribution in [0.1, 0.15) is 24.2 Å². The zero-order valence-electron chi connectivity index (χ0n) is 12.2. The second kappa shape index (κ2) is 5.81. The van der Waals surface area contributed by atoms with Crippen molar-refractivity contribution in [2.75, 3.05) is 32.1 Å². The summed E-state index contributed by atoms with van der Waals surface area (Å²) in [5.74, 6) is -0.0372. The number of hydrogen-bond donors (Lipinski definition) is 2. The van der Waals surface area contributed by atoms with E-state index < -0.39 is 5.60 Å². The fourth-order valence-electron chi connectivity index (χ4n) is 2.60. The molecular weight excluding hydrogens is 256 g/mol. The first-order chi connectivity index (χ1) is 9.46. The van der Waals surface area contributed by atoms with Crippen molar-refractivity contribution in [1.82, 2.24) is 4.90 Å². The quantitative estimate of drug-likeness (QED) is 0.876. The maximum atomic E-state index is 12.7. The number of carbonyl (C=O) groups is 1. The summed E-state index contributed by atoms with van der Waals surface area (Å²) in [6.07, 6.45) is -0.329. The van der Waals surface area contributed by atoms with E-state index in [0.29, 0.717) is 18.7 Å². The third-order valence-electron chi connectivity index (χ3n) is 3.40. The van der Waals surface area contributed by atoms with Crippen LogP contribution in [0.3, 0.4) is 0 Å². The van der Waals surface area contributed by atoms with Gasteiger partial charge in [0, 0.05) is 25.8 Å². The summed E-state index contributed by atoms with van der Waals surface area (Å²) >= 11 is 0. The molecule has 20 heavy (non-hydrogen) atoms. The Kier molecular flexibility index (Phi) is 4.30. The minimum absolute atomic E-state index is 0.0372. The Bertz CT molecular complexity index is 488. The van der Waals surface area contributed by atoms with Crippen LogP contribution in [-0.2, 0) is 4.74 Å². The number of morpholine rings is 1. The fraction of sp³-hybridized carbons (Fsp3) is 0.533. The number of aliphatic hydroxyl groups excluding tert-OH is 1. The van der Waals surface area contributed by atoms with Crippen LogP contribution in [0.4, 0.5) is 5.69 Å². The lowest BCUT2D eigenvalue weighted by Gasteiger charge is -2.42. The fourth-order valence-corrected chi connectivity index (χ4v) is 2.60. The Morgan fingerprint density at radius 2 is 2.20 bits per heavy atom. The van der Waals surface area contributed by atoms with Crippen molar-refractivity contribution in [2.45, 2.75) is 25.6 Å². The van der Waals surface area contributed by atoms with Gasteiger partial charge in [0.2, 0.25) is 0 Å². The normalized spacial score (nSPS) is 21.6. The molecule has 1 aliphatic heterocycles. The summed E-state index contributed by atoms with van der Waals surface area (Å²) in [7, 11) is 1.80. The molecule has 0 spiro atoms. The van der Waals surface area contributed by atoms with E-state index in [-0.39, 0.29) is 18.6 Å². The largest absolute Gasteiger partial charge is 0.394 e. The second-order valence-corrected chi connectivity index (χ2v) is 5.66. The van der Waals surface area contributed by atoms with Gasteiger partial charge in [0.1, 0.15) is 0 Å². The van der Waals surface area contributed by atoms with Crippen molar-refractivity contribution >= 4 is 11.6 Å². The first-order valence-corrected chi connectivity index (χ1v) is 6.81. The van der Waals surface area contributed by atoms with Gasteiger partial charge in [-0.1, -0.05) is 12.1 Å². The summed E-state index contributed by atoms with van der Waals surface area (Å²) in [6.45, 7) is 4.70. The van der Waals surface area contributed by atoms with Gasteiger partial charge in [-0.15, -0.1) is 0 Å². The van der Waals surface area contributed by atoms with Crippen LogP contribution in [0, 0.1) is 0 Å². The van der Waals surface area contributed by atoms with Crippen molar-refractivity contribution < 1.29 is 14.6 Å². The van der Waals surface area contributed by atoms with Crippen molar-refractivity contribution in [3.05, 3.63) is 29.8 Å². The molecule has 1 aromatic carbocycles. The predicted octanol–water partition coefficient (Wildman–Crippen LogP) is 1.34. The number of para-hydroxylation sites is 1. The Labute approximate surface area is 119 Å². The van der Waals surface area contributed by atoms with Gasteiger partial charge in [0.25, 0.3) is 5.91 Å². The van der Waals surface area contributed by atoms with Crippen LogP contribution in [0.2, 0.25) is 0 Å². The highest BCUT2D eigenvalue weighted by atomic mass is 16.5. The molecule has 2 N–H and O–H groups in total. The van der Waals surface area contributed by atoms with Gasteiger partial charge in [0.15, 0.2) is 0 Å². The Hall–Kier alpha value is -1.59. The van der Waals surface area contributed by atoms with E-state index in [2.05, 4.69) is 5.32 Å². The third-order valence-corrected chi connectivity index (χ3v) is 3.40. The summed E-state index contributed by atoms with van der Waals surface area (Å²) in [5, 5.41) is 12.4. The topological polar surface area (TPSA) is 61.8 Å². The van der Waals surface area contributed by atoms with Crippen LogP contribution in [0.15, 0.2) is 24.3 Å². The molecule has 0 bridgehead atoms. The van der Waals surface area contributed by atoms with E-state index in [1.807, 2.05) is 38.1 Å². The smallest absolute Gasteiger partial charge is 0.256 e. The zero-order valence-corrected chi connectivity index (χ0v) is 12.2. The Balaban J connectivity index is 2.23. The molecule has 1 unspecified atom stereocenters. The highest BCUT2D eigenvalue weighted by Gasteiger charge is 2.35. The van der Waals surface area contributed by atoms with Crippen molar-refractivity contribution in [3.8, 4) is 0 Å². The van der Waals surface area contributed by atoms with Crippen LogP contribution < -0.4 is 5.32 Å². The molecule has 2 rings (SSSR count). The van der Waals surface area contributed by atoms with E-state index in [9.17, 15) is 9.90 Å². The van der Waals surface area contributed by atoms with E-state index >= 15 is 0 Å². The number of hydrogen-bond acceptors (Lipinski definition) is 4. The maximum Gasteiger partial charge on any atom is 0.256 e. The average molecular weight is 278 g/mol. The minimum Gasteiger partial charge on any atom is -0.394 e. The van der Waals surface area contributed by atoms with E-state index in [4.69, 9.17) is 4.74 Å². The molecule has 1 saturated heterocycles. The highest BCUT2D eigenvalue weighted by Crippen LogP contribution is 2.24. The maximum absolute atomic E-state index is 12.7. The minimum atomic E-state index is -0.449. The standard InChI is InChI=1S/C15H22N2O3/c1-15(2)10-17(8-11(9-18)20-15)14(19)12-6-4-5-7-13(12)16-3/h4-7,11,16,18H,8-10H2,1-3H3. The first kappa shape index (κ1) is 14.8. The van der Waals surface area contributed by atoms with E-state index in [0.717, 1.165) is 5.69 Å². The zero-order chi connectivity index (χ0) is 14.8. The molecule has 5 nitrogen and oxygen atoms in total. The molecule has 1 aliphatic rings. The van der Waals surface area contributed by atoms with E-state index in [1.54, 1.807) is 11.9 Å². The molecule has 0 aromatic heterocycles. The van der Waals surface area contributed by atoms with Crippen LogP contribution in [0.25, 0.3) is 0 Å². The van der Waals surface area contributed by atoms with Gasteiger partial charge >= 0.3 is 0 Å². The van der Waals surface area contributed by atoms with Crippen molar-refractivity contribution in [2.24, 2.45) is 0 Å². The molecule has 110 valence electrons. The summed E-state index contributed by atoms with van der Waals surface area (Å²) in [4.78, 5) is 14.4. The van der Waals surface area contributed by atoms with Gasteiger partial charge < -0.3 is 20.1 Å². The number of carbonyl (C=O) groups excluding carboxylic acids is 1. The molecule has 1 heterocycles. The summed E-state index contributed by atoms with van der Waals surface area (Å²) < 4.78 is 5.74. The number of aliphatic hydroxyl groups is 1. The monoisotopic (exact) mass is 278 g/mol. The van der Waals surface area contributed by atoms with Crippen LogP contribution in [-0.4, -0.2) is 54.4 Å². The lowest BCUT2D eigenvalue weighted by Crippen LogP contribution is -2.55. The summed E-state index contributed by atoms with van der Waals surface area (Å²) in [5.41, 5.74) is 1.00. The Morgan fingerprint density at radius 1 is 1.50 bits per heavy atom. The lowest BCUT2D eigenvalue weighted by molar-refractivity contribution is -0.139.